The van der Waals surface area contributed by atoms with Crippen molar-refractivity contribution in [2.75, 3.05) is 18.5 Å². The van der Waals surface area contributed by atoms with Gasteiger partial charge < -0.3 is 20.9 Å². The molecule has 1 amide bonds. The van der Waals surface area contributed by atoms with E-state index in [0.717, 1.165) is 11.3 Å². The van der Waals surface area contributed by atoms with Crippen LogP contribution in [0.5, 0.6) is 0 Å². The molecule has 0 bridgehead atoms. The van der Waals surface area contributed by atoms with Crippen molar-refractivity contribution in [1.82, 2.24) is 0 Å². The van der Waals surface area contributed by atoms with Crippen molar-refractivity contribution >= 4 is 17.6 Å². The van der Waals surface area contributed by atoms with E-state index < -0.39 is 17.3 Å². The van der Waals surface area contributed by atoms with Crippen LogP contribution < -0.4 is 11.1 Å². The molecule has 20 heavy (non-hydrogen) atoms. The fourth-order valence-electron chi connectivity index (χ4n) is 2.32. The van der Waals surface area contributed by atoms with Gasteiger partial charge in [-0.1, -0.05) is 0 Å². The molecule has 2 unspecified atom stereocenters. The molecule has 108 valence electrons. The number of anilines is 1. The maximum absolute atomic E-state index is 11.4. The van der Waals surface area contributed by atoms with E-state index in [4.69, 9.17) is 10.5 Å². The predicted molar refractivity (Wildman–Crippen MR) is 73.7 cm³/mol. The van der Waals surface area contributed by atoms with Crippen molar-refractivity contribution in [1.29, 1.82) is 0 Å². The summed E-state index contributed by atoms with van der Waals surface area (Å²) in [4.78, 5) is 22.5. The average molecular weight is 278 g/mol. The molecule has 1 aromatic rings. The Morgan fingerprint density at radius 3 is 2.75 bits per heavy atom. The van der Waals surface area contributed by atoms with E-state index in [1.54, 1.807) is 32.0 Å². The molecule has 0 radical (unpaired) electrons. The first kappa shape index (κ1) is 14.3. The second-order valence-corrected chi connectivity index (χ2v) is 5.33. The SMILES string of the molecule is Cc1cc(NC2COCC2(C)C(=O)O)ccc1C(N)=O. The first-order valence-electron chi connectivity index (χ1n) is 6.33. The number of nitrogens with one attached hydrogen (secondary N) is 1. The summed E-state index contributed by atoms with van der Waals surface area (Å²) in [5, 5.41) is 12.5. The van der Waals surface area contributed by atoms with Crippen LogP contribution in [0.25, 0.3) is 0 Å². The molecule has 6 nitrogen and oxygen atoms in total. The minimum atomic E-state index is -0.962. The van der Waals surface area contributed by atoms with Gasteiger partial charge in [0.15, 0.2) is 0 Å². The Bertz CT molecular complexity index is 558. The van der Waals surface area contributed by atoms with E-state index >= 15 is 0 Å². The zero-order valence-corrected chi connectivity index (χ0v) is 11.5. The number of ether oxygens (including phenoxy) is 1. The molecule has 1 fully saturated rings. The lowest BCUT2D eigenvalue weighted by molar-refractivity contribution is -0.148. The van der Waals surface area contributed by atoms with Crippen LogP contribution in [0.15, 0.2) is 18.2 Å². The maximum Gasteiger partial charge on any atom is 0.313 e. The van der Waals surface area contributed by atoms with Crippen molar-refractivity contribution in [3.8, 4) is 0 Å². The van der Waals surface area contributed by atoms with Gasteiger partial charge in [0.2, 0.25) is 5.91 Å². The standard InChI is InChI=1S/C14H18N2O4/c1-8-5-9(3-4-10(8)12(15)17)16-11-6-20-7-14(11,2)13(18)19/h3-5,11,16H,6-7H2,1-2H3,(H2,15,17)(H,18,19). The number of carbonyl (C=O) groups excluding carboxylic acids is 1. The Morgan fingerprint density at radius 2 is 2.20 bits per heavy atom. The van der Waals surface area contributed by atoms with Gasteiger partial charge in [0, 0.05) is 11.3 Å². The lowest BCUT2D eigenvalue weighted by Crippen LogP contribution is -2.43. The highest BCUT2D eigenvalue weighted by Gasteiger charge is 2.46. The summed E-state index contributed by atoms with van der Waals surface area (Å²) >= 11 is 0. The van der Waals surface area contributed by atoms with Gasteiger partial charge in [-0.2, -0.15) is 0 Å². The predicted octanol–water partition coefficient (Wildman–Crippen LogP) is 0.996. The highest BCUT2D eigenvalue weighted by atomic mass is 16.5. The van der Waals surface area contributed by atoms with Crippen molar-refractivity contribution in [3.05, 3.63) is 29.3 Å². The fourth-order valence-corrected chi connectivity index (χ4v) is 2.32. The molecule has 1 aliphatic heterocycles. The molecule has 4 N–H and O–H groups in total. The van der Waals surface area contributed by atoms with Crippen LogP contribution in [0.3, 0.4) is 0 Å². The highest BCUT2D eigenvalue weighted by molar-refractivity contribution is 5.94. The molecule has 2 atom stereocenters. The molecule has 6 heteroatoms. The third-order valence-electron chi connectivity index (χ3n) is 3.78. The first-order valence-corrected chi connectivity index (χ1v) is 6.33. The van der Waals surface area contributed by atoms with Crippen molar-refractivity contribution in [2.24, 2.45) is 11.1 Å². The minimum Gasteiger partial charge on any atom is -0.481 e. The summed E-state index contributed by atoms with van der Waals surface area (Å²) in [6.07, 6.45) is 0. The Labute approximate surface area is 116 Å². The van der Waals surface area contributed by atoms with Crippen LogP contribution in [-0.4, -0.2) is 36.2 Å². The van der Waals surface area contributed by atoms with Gasteiger partial charge in [0.05, 0.1) is 19.3 Å². The van der Waals surface area contributed by atoms with E-state index in [-0.39, 0.29) is 12.6 Å². The third-order valence-corrected chi connectivity index (χ3v) is 3.78. The molecule has 0 aliphatic carbocycles. The van der Waals surface area contributed by atoms with Gasteiger partial charge in [0.1, 0.15) is 5.41 Å². The number of nitrogens with two attached hydrogens (primary N) is 1. The number of primary amides is 1. The number of aryl methyl sites for hydroxylation is 1. The number of carboxylic acids is 1. The number of carboxylic acid groups (broad SMARTS) is 1. The molecule has 1 heterocycles. The molecule has 0 saturated carbocycles. The summed E-state index contributed by atoms with van der Waals surface area (Å²) in [5.41, 5.74) is 6.24. The second-order valence-electron chi connectivity index (χ2n) is 5.33. The summed E-state index contributed by atoms with van der Waals surface area (Å²) in [6, 6.07) is 4.81. The molecule has 0 spiro atoms. The normalized spacial score (nSPS) is 25.4. The van der Waals surface area contributed by atoms with E-state index in [2.05, 4.69) is 5.32 Å². The van der Waals surface area contributed by atoms with Crippen LogP contribution in [0.2, 0.25) is 0 Å². The molecule has 1 saturated heterocycles. The molecule has 2 rings (SSSR count). The van der Waals surface area contributed by atoms with Crippen molar-refractivity contribution < 1.29 is 19.4 Å². The molecule has 0 aromatic heterocycles. The quantitative estimate of drug-likeness (QED) is 0.762. The fraction of sp³-hybridized carbons (Fsp3) is 0.429. The van der Waals surface area contributed by atoms with E-state index in [1.807, 2.05) is 0 Å². The molecule has 1 aromatic carbocycles. The largest absolute Gasteiger partial charge is 0.481 e. The van der Waals surface area contributed by atoms with Crippen molar-refractivity contribution in [3.63, 3.8) is 0 Å². The second kappa shape index (κ2) is 5.13. The van der Waals surface area contributed by atoms with Crippen LogP contribution in [-0.2, 0) is 9.53 Å². The maximum atomic E-state index is 11.4. The topological polar surface area (TPSA) is 102 Å². The number of hydrogen-bond acceptors (Lipinski definition) is 4. The number of carbonyl (C=O) groups is 2. The number of aliphatic carboxylic acids is 1. The summed E-state index contributed by atoms with van der Waals surface area (Å²) in [5.74, 6) is -1.37. The Balaban J connectivity index is 2.20. The Hall–Kier alpha value is -2.08. The number of hydrogen-bond donors (Lipinski definition) is 3. The van der Waals surface area contributed by atoms with Gasteiger partial charge >= 0.3 is 5.97 Å². The summed E-state index contributed by atoms with van der Waals surface area (Å²) < 4.78 is 5.28. The molecule has 1 aliphatic rings. The van der Waals surface area contributed by atoms with Crippen molar-refractivity contribution in [2.45, 2.75) is 19.9 Å². The zero-order valence-electron chi connectivity index (χ0n) is 11.5. The van der Waals surface area contributed by atoms with Gasteiger partial charge in [0.25, 0.3) is 0 Å². The average Bonchev–Trinajstić information content (AvgIpc) is 2.72. The van der Waals surface area contributed by atoms with Crippen LogP contribution in [0.4, 0.5) is 5.69 Å². The zero-order chi connectivity index (χ0) is 14.9. The third kappa shape index (κ3) is 2.46. The lowest BCUT2D eigenvalue weighted by atomic mass is 9.85. The smallest absolute Gasteiger partial charge is 0.313 e. The number of benzene rings is 1. The van der Waals surface area contributed by atoms with Crippen LogP contribution in [0.1, 0.15) is 22.8 Å². The van der Waals surface area contributed by atoms with Gasteiger partial charge in [-0.15, -0.1) is 0 Å². The minimum absolute atomic E-state index is 0.179. The number of rotatable bonds is 4. The van der Waals surface area contributed by atoms with E-state index in [9.17, 15) is 14.7 Å². The highest BCUT2D eigenvalue weighted by Crippen LogP contribution is 2.31. The Morgan fingerprint density at radius 1 is 1.50 bits per heavy atom. The Kier molecular flexibility index (Phi) is 3.67. The summed E-state index contributed by atoms with van der Waals surface area (Å²) in [7, 11) is 0. The van der Waals surface area contributed by atoms with E-state index in [0.29, 0.717) is 12.2 Å². The van der Waals surface area contributed by atoms with Gasteiger partial charge in [-0.3, -0.25) is 9.59 Å². The van der Waals surface area contributed by atoms with Crippen LogP contribution >= 0.6 is 0 Å². The lowest BCUT2D eigenvalue weighted by Gasteiger charge is -2.26. The van der Waals surface area contributed by atoms with Crippen LogP contribution in [0, 0.1) is 12.3 Å². The molecular weight excluding hydrogens is 260 g/mol. The van der Waals surface area contributed by atoms with Gasteiger partial charge in [-0.05, 0) is 37.6 Å². The monoisotopic (exact) mass is 278 g/mol. The number of amides is 1. The van der Waals surface area contributed by atoms with Gasteiger partial charge in [-0.25, -0.2) is 0 Å². The molecular formula is C14H18N2O4. The first-order chi connectivity index (χ1) is 9.34. The summed E-state index contributed by atoms with van der Waals surface area (Å²) in [6.45, 7) is 3.95. The van der Waals surface area contributed by atoms with E-state index in [1.165, 1.54) is 0 Å².